The molecule has 2 aliphatic rings. The van der Waals surface area contributed by atoms with Gasteiger partial charge in [0.1, 0.15) is 6.29 Å². The number of Topliss-reactive ketones (excluding diaryl/α,β-unsaturated/α-hetero) is 1. The van der Waals surface area contributed by atoms with Crippen LogP contribution >= 0.6 is 23.2 Å². The fourth-order valence-electron chi connectivity index (χ4n) is 3.87. The van der Waals surface area contributed by atoms with E-state index in [1.54, 1.807) is 0 Å². The summed E-state index contributed by atoms with van der Waals surface area (Å²) in [6, 6.07) is 0. The summed E-state index contributed by atoms with van der Waals surface area (Å²) in [5.74, 6) is 0.864. The van der Waals surface area contributed by atoms with Crippen LogP contribution in [0.2, 0.25) is 0 Å². The number of rotatable bonds is 10. The van der Waals surface area contributed by atoms with Crippen LogP contribution < -0.4 is 0 Å². The zero-order chi connectivity index (χ0) is 18.0. The number of hydrogen-bond acceptors (Lipinski definition) is 3. The molecule has 0 aliphatic heterocycles. The van der Waals surface area contributed by atoms with Gasteiger partial charge in [-0.3, -0.25) is 4.79 Å². The molecule has 3 unspecified atom stereocenters. The van der Waals surface area contributed by atoms with Gasteiger partial charge in [-0.1, -0.05) is 62.2 Å². The third kappa shape index (κ3) is 6.00. The molecule has 2 fully saturated rings. The first-order chi connectivity index (χ1) is 11.5. The fourth-order valence-corrected chi connectivity index (χ4v) is 4.61. The van der Waals surface area contributed by atoms with E-state index < -0.39 is 4.33 Å². The van der Waals surface area contributed by atoms with E-state index >= 15 is 0 Å². The molecule has 0 bridgehead atoms. The van der Waals surface area contributed by atoms with Gasteiger partial charge in [-0.25, -0.2) is 0 Å². The van der Waals surface area contributed by atoms with Crippen molar-refractivity contribution in [3.8, 4) is 0 Å². The second kappa shape index (κ2) is 11.5. The minimum atomic E-state index is -1.08. The maximum atomic E-state index is 11.8. The van der Waals surface area contributed by atoms with Gasteiger partial charge in [0.2, 0.25) is 0 Å². The molecule has 0 heterocycles. The van der Waals surface area contributed by atoms with Crippen molar-refractivity contribution >= 4 is 35.3 Å². The number of carbonyl (C=O) groups excluding carboxylic acids is 2. The zero-order valence-corrected chi connectivity index (χ0v) is 16.3. The summed E-state index contributed by atoms with van der Waals surface area (Å²) in [5.41, 5.74) is 0. The highest BCUT2D eigenvalue weighted by Gasteiger charge is 2.64. The topological polar surface area (TPSA) is 54.4 Å². The molecule has 2 rings (SSSR count). The normalized spacial score (nSPS) is 27.0. The van der Waals surface area contributed by atoms with Gasteiger partial charge >= 0.3 is 0 Å². The van der Waals surface area contributed by atoms with Crippen molar-refractivity contribution in [3.63, 3.8) is 0 Å². The lowest BCUT2D eigenvalue weighted by atomic mass is 9.69. The monoisotopic (exact) mass is 378 g/mol. The fraction of sp³-hybridized carbons (Fsp3) is 0.895. The van der Waals surface area contributed by atoms with E-state index in [1.807, 2.05) is 0 Å². The molecule has 3 nitrogen and oxygen atoms in total. The van der Waals surface area contributed by atoms with Gasteiger partial charge in [0.15, 0.2) is 10.1 Å². The molecular weight excluding hydrogens is 347 g/mol. The first kappa shape index (κ1) is 21.9. The maximum absolute atomic E-state index is 11.8. The van der Waals surface area contributed by atoms with E-state index in [0.29, 0.717) is 5.92 Å². The molecule has 0 radical (unpaired) electrons. The van der Waals surface area contributed by atoms with Gasteiger partial charge in [-0.05, 0) is 38.0 Å². The number of aldehydes is 1. The Labute approximate surface area is 156 Å². The number of fused-ring (bicyclic) bond motifs is 1. The molecule has 0 spiro atoms. The molecule has 2 aliphatic carbocycles. The number of aliphatic hydroxyl groups is 1. The van der Waals surface area contributed by atoms with Gasteiger partial charge in [0.25, 0.3) is 0 Å². The Bertz CT molecular complexity index is 385. The van der Waals surface area contributed by atoms with Crippen molar-refractivity contribution in [2.45, 2.75) is 81.9 Å². The molecule has 0 aromatic heterocycles. The minimum absolute atomic E-state index is 0.0468. The summed E-state index contributed by atoms with van der Waals surface area (Å²) in [5, 5.41) is 8.69. The van der Waals surface area contributed by atoms with Crippen LogP contribution in [0, 0.1) is 17.8 Å². The van der Waals surface area contributed by atoms with E-state index in [-0.39, 0.29) is 24.2 Å². The predicted octanol–water partition coefficient (Wildman–Crippen LogP) is 5.09. The zero-order valence-electron chi connectivity index (χ0n) is 14.8. The first-order valence-electron chi connectivity index (χ1n) is 9.47. The van der Waals surface area contributed by atoms with Crippen molar-refractivity contribution < 1.29 is 14.7 Å². The van der Waals surface area contributed by atoms with Crippen LogP contribution in [0.25, 0.3) is 0 Å². The Kier molecular flexibility index (Phi) is 10.5. The Hall–Kier alpha value is -0.120. The standard InChI is InChI=1S/C12H18Cl2O2.C7H14O/c13-12(14)9-6-5-8(10(9)11(12)16)4-2-1-3-7-15;1-2-3-4-5-6-7-8/h8-10,15H,1-7H2;7H,2-6H2,1H3. The summed E-state index contributed by atoms with van der Waals surface area (Å²) in [4.78, 5) is 21.5. The van der Waals surface area contributed by atoms with E-state index in [1.165, 1.54) is 19.3 Å². The van der Waals surface area contributed by atoms with Crippen molar-refractivity contribution in [2.24, 2.45) is 17.8 Å². The summed E-state index contributed by atoms with van der Waals surface area (Å²) in [6.45, 7) is 2.43. The summed E-state index contributed by atoms with van der Waals surface area (Å²) in [6.07, 6.45) is 12.7. The number of alkyl halides is 2. The van der Waals surface area contributed by atoms with Crippen LogP contribution in [0.15, 0.2) is 0 Å². The van der Waals surface area contributed by atoms with E-state index in [9.17, 15) is 9.59 Å². The second-order valence-electron chi connectivity index (χ2n) is 7.05. The molecule has 1 N–H and O–H groups in total. The van der Waals surface area contributed by atoms with Crippen LogP contribution in [0.5, 0.6) is 0 Å². The molecular formula is C19H32Cl2O3. The molecule has 3 atom stereocenters. The molecule has 24 heavy (non-hydrogen) atoms. The Balaban J connectivity index is 0.000000307. The molecule has 5 heteroatoms. The Morgan fingerprint density at radius 1 is 1.12 bits per heavy atom. The second-order valence-corrected chi connectivity index (χ2v) is 8.43. The lowest BCUT2D eigenvalue weighted by molar-refractivity contribution is -0.135. The van der Waals surface area contributed by atoms with Crippen LogP contribution in [-0.4, -0.2) is 28.1 Å². The van der Waals surface area contributed by atoms with Gasteiger partial charge in [0, 0.05) is 24.9 Å². The number of carbonyl (C=O) groups is 2. The number of ketones is 1. The quantitative estimate of drug-likeness (QED) is 0.327. The first-order valence-corrected chi connectivity index (χ1v) is 10.2. The number of halogens is 2. The average Bonchev–Trinajstić information content (AvgIpc) is 2.98. The average molecular weight is 379 g/mol. The van der Waals surface area contributed by atoms with Crippen LogP contribution in [0.4, 0.5) is 0 Å². The van der Waals surface area contributed by atoms with Gasteiger partial charge in [-0.2, -0.15) is 0 Å². The highest BCUT2D eigenvalue weighted by Crippen LogP contribution is 2.59. The van der Waals surface area contributed by atoms with Crippen molar-refractivity contribution in [3.05, 3.63) is 0 Å². The van der Waals surface area contributed by atoms with E-state index in [0.717, 1.165) is 57.7 Å². The SMILES string of the molecule is CCCCCCC=O.O=C1C2C(CCCCCO)CCC2C1(Cl)Cl. The smallest absolute Gasteiger partial charge is 0.179 e. The number of unbranched alkanes of at least 4 members (excludes halogenated alkanes) is 6. The predicted molar refractivity (Wildman–Crippen MR) is 99.5 cm³/mol. The summed E-state index contributed by atoms with van der Waals surface area (Å²) < 4.78 is -1.08. The molecule has 140 valence electrons. The molecule has 2 saturated carbocycles. The largest absolute Gasteiger partial charge is 0.396 e. The van der Waals surface area contributed by atoms with Crippen molar-refractivity contribution in [2.75, 3.05) is 6.61 Å². The summed E-state index contributed by atoms with van der Waals surface area (Å²) in [7, 11) is 0. The number of aliphatic hydroxyl groups excluding tert-OH is 1. The molecule has 0 aromatic carbocycles. The molecule has 0 saturated heterocycles. The van der Waals surface area contributed by atoms with Crippen molar-refractivity contribution in [1.29, 1.82) is 0 Å². The lowest BCUT2D eigenvalue weighted by Gasteiger charge is -2.43. The Morgan fingerprint density at radius 2 is 1.83 bits per heavy atom. The minimum Gasteiger partial charge on any atom is -0.396 e. The third-order valence-corrected chi connectivity index (χ3v) is 6.23. The van der Waals surface area contributed by atoms with Crippen LogP contribution in [-0.2, 0) is 9.59 Å². The van der Waals surface area contributed by atoms with Gasteiger partial charge in [-0.15, -0.1) is 0 Å². The highest BCUT2D eigenvalue weighted by molar-refractivity contribution is 6.60. The van der Waals surface area contributed by atoms with Crippen LogP contribution in [0.3, 0.4) is 0 Å². The molecule has 0 amide bonds. The number of hydrogen-bond donors (Lipinski definition) is 1. The summed E-state index contributed by atoms with van der Waals surface area (Å²) >= 11 is 12.0. The Morgan fingerprint density at radius 3 is 2.46 bits per heavy atom. The van der Waals surface area contributed by atoms with Crippen LogP contribution in [0.1, 0.15) is 77.6 Å². The lowest BCUT2D eigenvalue weighted by Crippen LogP contribution is -2.55. The van der Waals surface area contributed by atoms with E-state index in [4.69, 9.17) is 28.3 Å². The maximum Gasteiger partial charge on any atom is 0.179 e. The highest BCUT2D eigenvalue weighted by atomic mass is 35.5. The van der Waals surface area contributed by atoms with E-state index in [2.05, 4.69) is 6.92 Å². The van der Waals surface area contributed by atoms with Gasteiger partial charge < -0.3 is 9.90 Å². The van der Waals surface area contributed by atoms with Crippen molar-refractivity contribution in [1.82, 2.24) is 0 Å². The van der Waals surface area contributed by atoms with Gasteiger partial charge in [0.05, 0.1) is 0 Å². The third-order valence-electron chi connectivity index (χ3n) is 5.30. The molecule has 0 aromatic rings.